The number of pyridine rings is 1. The van der Waals surface area contributed by atoms with E-state index < -0.39 is 0 Å². The molecular formula is C18H15N7O. The molecule has 1 amide bonds. The minimum absolute atomic E-state index is 0.0492. The third-order valence-electron chi connectivity index (χ3n) is 4.57. The van der Waals surface area contributed by atoms with Crippen LogP contribution in [0, 0.1) is 0 Å². The number of amides is 1. The third-order valence-corrected chi connectivity index (χ3v) is 4.57. The molecule has 0 aromatic carbocycles. The van der Waals surface area contributed by atoms with Crippen LogP contribution < -0.4 is 10.6 Å². The number of imidazole rings is 1. The standard InChI is InChI=1S/C18H15N7O/c19-16-13-7-15(26)25(10-12-9-24-6-2-1-3-14(24)21-12)18(13)23-17(22-16)11-4-5-20-8-11/h1-6,9H,7-8,10H2,(H2,19,22,23). The summed E-state index contributed by atoms with van der Waals surface area (Å²) in [5.41, 5.74) is 9.31. The smallest absolute Gasteiger partial charge is 0.233 e. The first-order chi connectivity index (χ1) is 12.7. The highest BCUT2D eigenvalue weighted by atomic mass is 16.2. The topological polar surface area (TPSA) is 102 Å². The first-order valence-corrected chi connectivity index (χ1v) is 8.28. The molecule has 2 N–H and O–H groups in total. The molecule has 0 saturated heterocycles. The Morgan fingerprint density at radius 2 is 2.12 bits per heavy atom. The van der Waals surface area contributed by atoms with Crippen molar-refractivity contribution in [2.45, 2.75) is 13.0 Å². The number of aromatic nitrogens is 4. The second-order valence-corrected chi connectivity index (χ2v) is 6.27. The van der Waals surface area contributed by atoms with E-state index in [0.29, 0.717) is 36.1 Å². The number of carbonyl (C=O) groups excluding carboxylic acids is 1. The molecule has 5 heterocycles. The average Bonchev–Trinajstić information content (AvgIpc) is 3.35. The number of nitrogens with two attached hydrogens (primary N) is 1. The summed E-state index contributed by atoms with van der Waals surface area (Å²) in [6, 6.07) is 5.79. The molecule has 2 aliphatic rings. The highest BCUT2D eigenvalue weighted by Crippen LogP contribution is 2.33. The molecule has 3 aromatic heterocycles. The number of fused-ring (bicyclic) bond motifs is 2. The molecule has 0 fully saturated rings. The maximum absolute atomic E-state index is 12.6. The number of allylic oxidation sites excluding steroid dienone is 1. The van der Waals surface area contributed by atoms with Crippen LogP contribution in [0.5, 0.6) is 0 Å². The fraction of sp³-hybridized carbons (Fsp3) is 0.167. The van der Waals surface area contributed by atoms with Gasteiger partial charge in [-0.15, -0.1) is 0 Å². The molecule has 2 aliphatic heterocycles. The summed E-state index contributed by atoms with van der Waals surface area (Å²) in [5.74, 6) is 1.39. The van der Waals surface area contributed by atoms with Crippen LogP contribution in [0.4, 0.5) is 11.6 Å². The number of rotatable bonds is 3. The number of carbonyl (C=O) groups is 1. The zero-order valence-electron chi connectivity index (χ0n) is 13.8. The van der Waals surface area contributed by atoms with Gasteiger partial charge in [0.1, 0.15) is 17.3 Å². The van der Waals surface area contributed by atoms with E-state index in [1.165, 1.54) is 0 Å². The summed E-state index contributed by atoms with van der Waals surface area (Å²) in [5, 5.41) is 0. The van der Waals surface area contributed by atoms with Crippen molar-refractivity contribution in [2.24, 2.45) is 4.99 Å². The van der Waals surface area contributed by atoms with Crippen molar-refractivity contribution in [3.8, 4) is 0 Å². The highest BCUT2D eigenvalue weighted by molar-refractivity contribution is 6.02. The summed E-state index contributed by atoms with van der Waals surface area (Å²) in [4.78, 5) is 31.9. The lowest BCUT2D eigenvalue weighted by Crippen LogP contribution is -2.27. The zero-order valence-corrected chi connectivity index (χ0v) is 13.8. The Balaban J connectivity index is 1.53. The summed E-state index contributed by atoms with van der Waals surface area (Å²) >= 11 is 0. The maximum atomic E-state index is 12.6. The number of hydrogen-bond acceptors (Lipinski definition) is 6. The van der Waals surface area contributed by atoms with Gasteiger partial charge in [0.2, 0.25) is 5.91 Å². The predicted molar refractivity (Wildman–Crippen MR) is 97.9 cm³/mol. The van der Waals surface area contributed by atoms with Gasteiger partial charge in [-0.1, -0.05) is 6.07 Å². The molecule has 8 heteroatoms. The van der Waals surface area contributed by atoms with Gasteiger partial charge in [-0.3, -0.25) is 14.7 Å². The minimum Gasteiger partial charge on any atom is -0.383 e. The second-order valence-electron chi connectivity index (χ2n) is 6.27. The summed E-state index contributed by atoms with van der Waals surface area (Å²) in [6.07, 6.45) is 7.65. The van der Waals surface area contributed by atoms with Crippen LogP contribution >= 0.6 is 0 Å². The summed E-state index contributed by atoms with van der Waals surface area (Å²) in [6.45, 7) is 0.873. The molecule has 0 bridgehead atoms. The van der Waals surface area contributed by atoms with Gasteiger partial charge >= 0.3 is 0 Å². The molecule has 0 saturated carbocycles. The quantitative estimate of drug-likeness (QED) is 0.770. The van der Waals surface area contributed by atoms with Crippen molar-refractivity contribution in [3.05, 3.63) is 53.8 Å². The molecule has 0 spiro atoms. The Kier molecular flexibility index (Phi) is 3.11. The van der Waals surface area contributed by atoms with Gasteiger partial charge in [-0.2, -0.15) is 0 Å². The van der Waals surface area contributed by atoms with E-state index in [4.69, 9.17) is 5.73 Å². The van der Waals surface area contributed by atoms with Crippen molar-refractivity contribution in [2.75, 3.05) is 17.2 Å². The lowest BCUT2D eigenvalue weighted by Gasteiger charge is -2.16. The lowest BCUT2D eigenvalue weighted by atomic mass is 10.2. The fourth-order valence-corrected chi connectivity index (χ4v) is 3.27. The van der Waals surface area contributed by atoms with Crippen LogP contribution in [-0.4, -0.2) is 38.0 Å². The van der Waals surface area contributed by atoms with Crippen LogP contribution in [0.25, 0.3) is 11.2 Å². The molecular weight excluding hydrogens is 330 g/mol. The van der Waals surface area contributed by atoms with Crippen molar-refractivity contribution in [1.82, 2.24) is 19.4 Å². The minimum atomic E-state index is -0.0492. The molecule has 0 radical (unpaired) electrons. The fourth-order valence-electron chi connectivity index (χ4n) is 3.27. The molecule has 8 nitrogen and oxygen atoms in total. The van der Waals surface area contributed by atoms with Crippen LogP contribution in [0.2, 0.25) is 0 Å². The van der Waals surface area contributed by atoms with E-state index in [9.17, 15) is 4.79 Å². The predicted octanol–water partition coefficient (Wildman–Crippen LogP) is 1.26. The zero-order chi connectivity index (χ0) is 17.7. The first-order valence-electron chi connectivity index (χ1n) is 8.28. The van der Waals surface area contributed by atoms with E-state index >= 15 is 0 Å². The van der Waals surface area contributed by atoms with E-state index in [2.05, 4.69) is 19.9 Å². The highest BCUT2D eigenvalue weighted by Gasteiger charge is 2.32. The van der Waals surface area contributed by atoms with Crippen molar-refractivity contribution < 1.29 is 4.79 Å². The van der Waals surface area contributed by atoms with Crippen molar-refractivity contribution in [3.63, 3.8) is 0 Å². The number of nitrogen functional groups attached to an aromatic ring is 1. The Morgan fingerprint density at radius 3 is 2.92 bits per heavy atom. The normalized spacial score (nSPS) is 15.8. The summed E-state index contributed by atoms with van der Waals surface area (Å²) < 4.78 is 1.93. The van der Waals surface area contributed by atoms with E-state index in [-0.39, 0.29) is 12.3 Å². The monoisotopic (exact) mass is 345 g/mol. The molecule has 26 heavy (non-hydrogen) atoms. The molecule has 3 aromatic rings. The first kappa shape index (κ1) is 14.8. The van der Waals surface area contributed by atoms with Gasteiger partial charge in [-0.25, -0.2) is 15.0 Å². The van der Waals surface area contributed by atoms with E-state index in [1.807, 2.05) is 41.1 Å². The largest absolute Gasteiger partial charge is 0.383 e. The Hall–Kier alpha value is -3.55. The Labute approximate surface area is 148 Å². The number of nitrogens with zero attached hydrogens (tertiary/aromatic N) is 6. The van der Waals surface area contributed by atoms with E-state index in [0.717, 1.165) is 16.9 Å². The van der Waals surface area contributed by atoms with Gasteiger partial charge in [0.25, 0.3) is 0 Å². The molecule has 0 unspecified atom stereocenters. The Bertz CT molecular complexity index is 1080. The average molecular weight is 345 g/mol. The molecule has 128 valence electrons. The SMILES string of the molecule is Nc1nc(C2=CC=NC2)nc2c1CC(=O)N2Cc1cn2ccccc2n1. The van der Waals surface area contributed by atoms with Gasteiger partial charge in [0.05, 0.1) is 25.2 Å². The molecule has 0 atom stereocenters. The Morgan fingerprint density at radius 1 is 1.19 bits per heavy atom. The lowest BCUT2D eigenvalue weighted by molar-refractivity contribution is -0.117. The van der Waals surface area contributed by atoms with Gasteiger partial charge in [0.15, 0.2) is 5.82 Å². The third kappa shape index (κ3) is 2.26. The number of aliphatic imine (C=N–C) groups is 1. The molecule has 0 aliphatic carbocycles. The van der Waals surface area contributed by atoms with Gasteiger partial charge in [-0.05, 0) is 18.2 Å². The second kappa shape index (κ2) is 5.48. The van der Waals surface area contributed by atoms with Crippen LogP contribution in [-0.2, 0) is 17.8 Å². The van der Waals surface area contributed by atoms with Crippen LogP contribution in [0.3, 0.4) is 0 Å². The molecule has 5 rings (SSSR count). The van der Waals surface area contributed by atoms with E-state index in [1.54, 1.807) is 11.1 Å². The number of hydrogen-bond donors (Lipinski definition) is 1. The summed E-state index contributed by atoms with van der Waals surface area (Å²) in [7, 11) is 0. The van der Waals surface area contributed by atoms with Crippen molar-refractivity contribution >= 4 is 35.0 Å². The van der Waals surface area contributed by atoms with Crippen LogP contribution in [0.15, 0.2) is 41.7 Å². The van der Waals surface area contributed by atoms with Gasteiger partial charge in [0, 0.05) is 29.7 Å². The maximum Gasteiger partial charge on any atom is 0.233 e. The van der Waals surface area contributed by atoms with Crippen LogP contribution in [0.1, 0.15) is 17.1 Å². The van der Waals surface area contributed by atoms with Crippen molar-refractivity contribution in [1.29, 1.82) is 0 Å². The number of anilines is 2. The van der Waals surface area contributed by atoms with Gasteiger partial charge < -0.3 is 10.1 Å².